The highest BCUT2D eigenvalue weighted by atomic mass is 16.5. The van der Waals surface area contributed by atoms with Gasteiger partial charge in [-0.05, 0) is 13.3 Å². The maximum Gasteiger partial charge on any atom is 0.308 e. The van der Waals surface area contributed by atoms with Crippen molar-refractivity contribution in [1.29, 1.82) is 5.26 Å². The Labute approximate surface area is 107 Å². The summed E-state index contributed by atoms with van der Waals surface area (Å²) in [5.41, 5.74) is 0. The van der Waals surface area contributed by atoms with Crippen molar-refractivity contribution in [1.82, 2.24) is 0 Å². The first-order valence-electron chi connectivity index (χ1n) is 5.70. The smallest absolute Gasteiger partial charge is 0.308 e. The minimum Gasteiger partial charge on any atom is -0.464 e. The molecule has 2 unspecified atom stereocenters. The number of rotatable bonds is 7. The average molecular weight is 251 g/mol. The Balaban J connectivity index is 3.85. The van der Waals surface area contributed by atoms with Gasteiger partial charge in [0.25, 0.3) is 0 Å². The highest BCUT2D eigenvalue weighted by Crippen LogP contribution is 2.09. The molecular weight excluding hydrogens is 234 g/mol. The summed E-state index contributed by atoms with van der Waals surface area (Å²) in [7, 11) is 0. The maximum absolute atomic E-state index is 11.4. The van der Waals surface area contributed by atoms with Gasteiger partial charge in [-0.1, -0.05) is 12.8 Å². The molecule has 0 amide bonds. The van der Waals surface area contributed by atoms with E-state index in [0.717, 1.165) is 0 Å². The van der Waals surface area contributed by atoms with Gasteiger partial charge in [-0.3, -0.25) is 9.59 Å². The lowest BCUT2D eigenvalue weighted by atomic mass is 10.1. The third kappa shape index (κ3) is 7.29. The van der Waals surface area contributed by atoms with Crippen LogP contribution in [0.3, 0.4) is 0 Å². The lowest BCUT2D eigenvalue weighted by Gasteiger charge is -2.11. The second-order valence-corrected chi connectivity index (χ2v) is 3.81. The predicted octanol–water partition coefficient (Wildman–Crippen LogP) is 1.42. The van der Waals surface area contributed by atoms with E-state index in [-0.39, 0.29) is 19.4 Å². The first-order valence-corrected chi connectivity index (χ1v) is 5.70. The fourth-order valence-corrected chi connectivity index (χ4v) is 1.08. The van der Waals surface area contributed by atoms with Crippen molar-refractivity contribution in [2.75, 3.05) is 6.61 Å². The van der Waals surface area contributed by atoms with Gasteiger partial charge in [0.1, 0.15) is 6.61 Å². The van der Waals surface area contributed by atoms with Crippen molar-refractivity contribution in [2.45, 2.75) is 39.2 Å². The van der Waals surface area contributed by atoms with Crippen LogP contribution in [0, 0.1) is 29.6 Å². The minimum atomic E-state index is -0.560. The quantitative estimate of drug-likeness (QED) is 0.388. The fraction of sp³-hybridized carbons (Fsp3) is 0.615. The number of nitriles is 1. The molecule has 0 saturated carbocycles. The van der Waals surface area contributed by atoms with E-state index >= 15 is 0 Å². The van der Waals surface area contributed by atoms with Gasteiger partial charge in [-0.2, -0.15) is 5.26 Å². The summed E-state index contributed by atoms with van der Waals surface area (Å²) in [6.07, 6.45) is 5.12. The van der Waals surface area contributed by atoms with Crippen LogP contribution in [0.2, 0.25) is 0 Å². The Bertz CT molecular complexity index is 364. The molecule has 0 aromatic rings. The highest BCUT2D eigenvalue weighted by Gasteiger charge is 2.17. The van der Waals surface area contributed by atoms with Crippen LogP contribution in [0.15, 0.2) is 0 Å². The maximum atomic E-state index is 11.4. The van der Waals surface area contributed by atoms with E-state index in [2.05, 4.69) is 5.92 Å². The summed E-state index contributed by atoms with van der Waals surface area (Å²) in [4.78, 5) is 22.7. The van der Waals surface area contributed by atoms with Crippen molar-refractivity contribution in [3.8, 4) is 18.4 Å². The van der Waals surface area contributed by atoms with Gasteiger partial charge >= 0.3 is 11.9 Å². The Morgan fingerprint density at radius 2 is 2.06 bits per heavy atom. The molecule has 0 radical (unpaired) electrons. The number of hydrogen-bond donors (Lipinski definition) is 0. The first-order chi connectivity index (χ1) is 8.51. The largest absolute Gasteiger partial charge is 0.464 e. The molecule has 0 heterocycles. The topological polar surface area (TPSA) is 76.4 Å². The van der Waals surface area contributed by atoms with Crippen molar-refractivity contribution >= 4 is 11.9 Å². The number of hydrogen-bond acceptors (Lipinski definition) is 5. The molecule has 0 rings (SSSR count). The van der Waals surface area contributed by atoms with Gasteiger partial charge in [0.05, 0.1) is 18.4 Å². The van der Waals surface area contributed by atoms with E-state index in [1.54, 1.807) is 13.8 Å². The second-order valence-electron chi connectivity index (χ2n) is 3.81. The fourth-order valence-electron chi connectivity index (χ4n) is 1.08. The number of terminal acetylenes is 1. The molecule has 0 aromatic carbocycles. The monoisotopic (exact) mass is 251 g/mol. The predicted molar refractivity (Wildman–Crippen MR) is 64.0 cm³/mol. The van der Waals surface area contributed by atoms with Crippen molar-refractivity contribution in [2.24, 2.45) is 5.92 Å². The molecule has 0 aliphatic carbocycles. The van der Waals surface area contributed by atoms with Gasteiger partial charge in [-0.15, -0.1) is 6.42 Å². The Kier molecular flexibility index (Phi) is 8.05. The number of carbonyl (C=O) groups is 2. The van der Waals surface area contributed by atoms with Crippen LogP contribution in [-0.4, -0.2) is 24.6 Å². The van der Waals surface area contributed by atoms with E-state index in [9.17, 15) is 9.59 Å². The Hall–Kier alpha value is -2.01. The highest BCUT2D eigenvalue weighted by molar-refractivity contribution is 5.74. The zero-order chi connectivity index (χ0) is 14.0. The summed E-state index contributed by atoms with van der Waals surface area (Å²) < 4.78 is 9.69. The summed E-state index contributed by atoms with van der Waals surface area (Å²) in [5.74, 6) is 1.02. The van der Waals surface area contributed by atoms with Crippen molar-refractivity contribution < 1.29 is 19.1 Å². The van der Waals surface area contributed by atoms with E-state index < -0.39 is 24.0 Å². The number of nitrogens with zero attached hydrogens (tertiary/aromatic N) is 1. The molecule has 5 heteroatoms. The van der Waals surface area contributed by atoms with Crippen molar-refractivity contribution in [3.05, 3.63) is 0 Å². The SMILES string of the molecule is C#CC(C)OC(=O)CCC(C)C(=O)OCCC#N. The molecular formula is C13H17NO4. The van der Waals surface area contributed by atoms with E-state index in [4.69, 9.17) is 21.2 Å². The van der Waals surface area contributed by atoms with Crippen LogP contribution in [-0.2, 0) is 19.1 Å². The molecule has 18 heavy (non-hydrogen) atoms. The first kappa shape index (κ1) is 16.0. The molecule has 5 nitrogen and oxygen atoms in total. The zero-order valence-electron chi connectivity index (χ0n) is 10.6. The molecule has 0 spiro atoms. The van der Waals surface area contributed by atoms with Crippen LogP contribution >= 0.6 is 0 Å². The zero-order valence-corrected chi connectivity index (χ0v) is 10.6. The summed E-state index contributed by atoms with van der Waals surface area (Å²) in [6.45, 7) is 3.34. The van der Waals surface area contributed by atoms with E-state index in [0.29, 0.717) is 6.42 Å². The van der Waals surface area contributed by atoms with Gasteiger partial charge < -0.3 is 9.47 Å². The molecule has 0 aliphatic heterocycles. The summed E-state index contributed by atoms with van der Waals surface area (Å²) in [5, 5.41) is 8.28. The number of ether oxygens (including phenoxy) is 2. The molecule has 0 aliphatic rings. The minimum absolute atomic E-state index is 0.0816. The van der Waals surface area contributed by atoms with E-state index in [1.165, 1.54) is 0 Å². The van der Waals surface area contributed by atoms with Crippen LogP contribution in [0.25, 0.3) is 0 Å². The lowest BCUT2D eigenvalue weighted by Crippen LogP contribution is -2.18. The van der Waals surface area contributed by atoms with Crippen LogP contribution in [0.4, 0.5) is 0 Å². The standard InChI is InChI=1S/C13H17NO4/c1-4-11(3)18-12(15)7-6-10(2)13(16)17-9-5-8-14/h1,10-11H,5-7,9H2,2-3H3. The lowest BCUT2D eigenvalue weighted by molar-refractivity contribution is -0.149. The van der Waals surface area contributed by atoms with Crippen LogP contribution in [0.5, 0.6) is 0 Å². The number of esters is 2. The summed E-state index contributed by atoms with van der Waals surface area (Å²) in [6, 6.07) is 1.87. The van der Waals surface area contributed by atoms with Gasteiger partial charge in [0.15, 0.2) is 6.10 Å². The third-order valence-electron chi connectivity index (χ3n) is 2.18. The molecule has 98 valence electrons. The normalized spacial score (nSPS) is 12.7. The van der Waals surface area contributed by atoms with Gasteiger partial charge in [-0.25, -0.2) is 0 Å². The van der Waals surface area contributed by atoms with Gasteiger partial charge in [0, 0.05) is 6.42 Å². The Morgan fingerprint density at radius 3 is 2.61 bits per heavy atom. The number of carbonyl (C=O) groups excluding carboxylic acids is 2. The van der Waals surface area contributed by atoms with Crippen LogP contribution in [0.1, 0.15) is 33.1 Å². The van der Waals surface area contributed by atoms with E-state index in [1.807, 2.05) is 6.07 Å². The third-order valence-corrected chi connectivity index (χ3v) is 2.18. The molecule has 0 bridgehead atoms. The summed E-state index contributed by atoms with van der Waals surface area (Å²) >= 11 is 0. The Morgan fingerprint density at radius 1 is 1.39 bits per heavy atom. The van der Waals surface area contributed by atoms with Crippen molar-refractivity contribution in [3.63, 3.8) is 0 Å². The van der Waals surface area contributed by atoms with Crippen LogP contribution < -0.4 is 0 Å². The second kappa shape index (κ2) is 9.07. The molecule has 0 aromatic heterocycles. The molecule has 2 atom stereocenters. The van der Waals surface area contributed by atoms with Gasteiger partial charge in [0.2, 0.25) is 0 Å². The molecule has 0 saturated heterocycles. The molecule has 0 fully saturated rings. The average Bonchev–Trinajstić information content (AvgIpc) is 2.35. The molecule has 0 N–H and O–H groups in total.